The number of amides is 1. The molecule has 404 valence electrons. The fourth-order valence-electron chi connectivity index (χ4n) is 8.50. The Bertz CT molecular complexity index is 1450. The van der Waals surface area contributed by atoms with E-state index in [9.17, 15) is 45.6 Å². The first-order valence-corrected chi connectivity index (χ1v) is 27.2. The maximum absolute atomic E-state index is 13.0. The summed E-state index contributed by atoms with van der Waals surface area (Å²) in [6, 6.07) is -0.911. The maximum atomic E-state index is 13.0. The van der Waals surface area contributed by atoms with Crippen molar-refractivity contribution in [3.63, 3.8) is 0 Å². The Kier molecular flexibility index (Phi) is 38.0. The van der Waals surface area contributed by atoms with Crippen LogP contribution in [0.4, 0.5) is 0 Å². The summed E-state index contributed by atoms with van der Waals surface area (Å²) in [6.45, 7) is 2.43. The highest BCUT2D eigenvalue weighted by atomic mass is 16.7. The van der Waals surface area contributed by atoms with Crippen LogP contribution in [-0.2, 0) is 23.7 Å². The highest BCUT2D eigenvalue weighted by Gasteiger charge is 2.51. The lowest BCUT2D eigenvalue weighted by molar-refractivity contribution is -0.359. The summed E-state index contributed by atoms with van der Waals surface area (Å²) >= 11 is 0. The highest BCUT2D eigenvalue weighted by molar-refractivity contribution is 5.76. The SMILES string of the molecule is CC/C=C\C/C=C\C/C=C\C/C=C\C/C=C\CCCCCCCCCCCCCCCCCCCC(=O)NC(COC1OC(CO)C(OC2OC(CO)C(O)C(O)C2O)C(O)C1O)C(O)/C=C/CCC. The zero-order chi connectivity index (χ0) is 51.0. The van der Waals surface area contributed by atoms with Crippen molar-refractivity contribution >= 4 is 5.91 Å². The van der Waals surface area contributed by atoms with Crippen LogP contribution in [0.5, 0.6) is 0 Å². The Morgan fingerprint density at radius 3 is 1.49 bits per heavy atom. The Morgan fingerprint density at radius 2 is 0.986 bits per heavy atom. The Labute approximate surface area is 421 Å². The summed E-state index contributed by atoms with van der Waals surface area (Å²) in [7, 11) is 0. The van der Waals surface area contributed by atoms with Gasteiger partial charge in [0, 0.05) is 6.42 Å². The third-order valence-electron chi connectivity index (χ3n) is 12.9. The minimum Gasteiger partial charge on any atom is -0.394 e. The van der Waals surface area contributed by atoms with Gasteiger partial charge in [0.05, 0.1) is 32.0 Å². The summed E-state index contributed by atoms with van der Waals surface area (Å²) in [6.07, 6.45) is 38.0. The van der Waals surface area contributed by atoms with Crippen molar-refractivity contribution < 1.29 is 64.6 Å². The van der Waals surface area contributed by atoms with E-state index in [1.54, 1.807) is 6.08 Å². The molecule has 0 bridgehead atoms. The van der Waals surface area contributed by atoms with Gasteiger partial charge in [0.25, 0.3) is 0 Å². The number of carbonyl (C=O) groups excluding carboxylic acids is 1. The van der Waals surface area contributed by atoms with E-state index in [0.29, 0.717) is 6.42 Å². The molecule has 14 nitrogen and oxygen atoms in total. The summed E-state index contributed by atoms with van der Waals surface area (Å²) in [5.74, 6) is -0.254. The molecular weight excluding hydrogens is 895 g/mol. The van der Waals surface area contributed by atoms with Crippen molar-refractivity contribution in [3.05, 3.63) is 72.9 Å². The van der Waals surface area contributed by atoms with Gasteiger partial charge in [-0.3, -0.25) is 4.79 Å². The fourth-order valence-corrected chi connectivity index (χ4v) is 8.50. The zero-order valence-electron chi connectivity index (χ0n) is 43.0. The molecule has 12 atom stereocenters. The van der Waals surface area contributed by atoms with Gasteiger partial charge >= 0.3 is 0 Å². The minimum atomic E-state index is -1.79. The number of unbranched alkanes of at least 4 members (excludes halogenated alkanes) is 18. The van der Waals surface area contributed by atoms with E-state index >= 15 is 0 Å². The first kappa shape index (κ1) is 63.5. The summed E-state index contributed by atoms with van der Waals surface area (Å²) < 4.78 is 22.5. The van der Waals surface area contributed by atoms with Gasteiger partial charge in [0.2, 0.25) is 5.91 Å². The van der Waals surface area contributed by atoms with E-state index in [2.05, 4.69) is 73.0 Å². The zero-order valence-corrected chi connectivity index (χ0v) is 43.0. The van der Waals surface area contributed by atoms with Gasteiger partial charge in [-0.15, -0.1) is 0 Å². The number of nitrogens with one attached hydrogen (secondary N) is 1. The fraction of sp³-hybridized carbons (Fsp3) is 0.768. The molecule has 2 rings (SSSR count). The van der Waals surface area contributed by atoms with Crippen LogP contribution in [0.2, 0.25) is 0 Å². The van der Waals surface area contributed by atoms with Crippen molar-refractivity contribution in [2.75, 3.05) is 19.8 Å². The molecule has 70 heavy (non-hydrogen) atoms. The molecule has 2 fully saturated rings. The van der Waals surface area contributed by atoms with Crippen LogP contribution in [0.15, 0.2) is 72.9 Å². The average molecular weight is 992 g/mol. The molecule has 0 saturated carbocycles. The third kappa shape index (κ3) is 28.0. The van der Waals surface area contributed by atoms with Crippen molar-refractivity contribution in [1.82, 2.24) is 5.32 Å². The van der Waals surface area contributed by atoms with E-state index in [0.717, 1.165) is 64.2 Å². The number of ether oxygens (including phenoxy) is 4. The van der Waals surface area contributed by atoms with E-state index < -0.39 is 86.8 Å². The molecule has 0 radical (unpaired) electrons. The first-order valence-electron chi connectivity index (χ1n) is 27.2. The lowest BCUT2D eigenvalue weighted by Gasteiger charge is -2.46. The topological polar surface area (TPSA) is 228 Å². The molecule has 2 aliphatic rings. The van der Waals surface area contributed by atoms with Gasteiger partial charge in [0.1, 0.15) is 48.8 Å². The third-order valence-corrected chi connectivity index (χ3v) is 12.9. The van der Waals surface area contributed by atoms with Crippen LogP contribution in [0.1, 0.15) is 181 Å². The number of aliphatic hydroxyl groups excluding tert-OH is 8. The molecule has 14 heteroatoms. The second kappa shape index (κ2) is 41.9. The quantitative estimate of drug-likeness (QED) is 0.0209. The Balaban J connectivity index is 1.52. The van der Waals surface area contributed by atoms with Crippen molar-refractivity contribution in [1.29, 1.82) is 0 Å². The number of hydrogen-bond acceptors (Lipinski definition) is 13. The van der Waals surface area contributed by atoms with Gasteiger partial charge in [-0.05, 0) is 57.8 Å². The number of rotatable bonds is 41. The number of hydrogen-bond donors (Lipinski definition) is 9. The molecule has 2 saturated heterocycles. The van der Waals surface area contributed by atoms with Crippen molar-refractivity contribution in [2.45, 2.75) is 254 Å². The lowest BCUT2D eigenvalue weighted by atomic mass is 9.97. The number of allylic oxidation sites excluding steroid dienone is 11. The molecule has 0 spiro atoms. The summed E-state index contributed by atoms with van der Waals surface area (Å²) in [4.78, 5) is 13.0. The van der Waals surface area contributed by atoms with E-state index in [1.165, 1.54) is 89.9 Å². The van der Waals surface area contributed by atoms with Gasteiger partial charge in [-0.1, -0.05) is 189 Å². The molecule has 12 unspecified atom stereocenters. The molecule has 0 aromatic heterocycles. The molecular formula is C56H97NO13. The van der Waals surface area contributed by atoms with Crippen LogP contribution < -0.4 is 5.32 Å². The Hall–Kier alpha value is -2.57. The second-order valence-corrected chi connectivity index (χ2v) is 19.0. The van der Waals surface area contributed by atoms with Crippen molar-refractivity contribution in [2.24, 2.45) is 0 Å². The number of carbonyl (C=O) groups is 1. The smallest absolute Gasteiger partial charge is 0.220 e. The highest BCUT2D eigenvalue weighted by Crippen LogP contribution is 2.30. The van der Waals surface area contributed by atoms with Crippen LogP contribution in [0.25, 0.3) is 0 Å². The molecule has 9 N–H and O–H groups in total. The molecule has 1 amide bonds. The minimum absolute atomic E-state index is 0.254. The monoisotopic (exact) mass is 992 g/mol. The van der Waals surface area contributed by atoms with Gasteiger partial charge in [-0.2, -0.15) is 0 Å². The van der Waals surface area contributed by atoms with Crippen LogP contribution >= 0.6 is 0 Å². The predicted octanol–water partition coefficient (Wildman–Crippen LogP) is 7.99. The predicted molar refractivity (Wildman–Crippen MR) is 277 cm³/mol. The molecule has 2 heterocycles. The van der Waals surface area contributed by atoms with E-state index in [-0.39, 0.29) is 18.9 Å². The van der Waals surface area contributed by atoms with Crippen molar-refractivity contribution in [3.8, 4) is 0 Å². The molecule has 0 aromatic carbocycles. The Morgan fingerprint density at radius 1 is 0.529 bits per heavy atom. The first-order chi connectivity index (χ1) is 34.1. The standard InChI is InChI=1S/C56H97NO13/c1-3-5-7-8-9-10-11-12-13-14-15-16-17-18-19-20-21-22-23-24-25-26-27-28-29-30-31-32-33-34-35-36-38-40-48(61)57-44(45(60)39-37-6-4-2)43-67-55-53(66)51(64)54(47(42-59)69-55)70-56-52(65)50(63)49(62)46(41-58)68-56/h5,7,9-10,12-13,15-16,18-19,37,39,44-47,49-56,58-60,62-66H,3-4,6,8,11,14,17,20-36,38,40-43H2,1-2H3,(H,57,61)/b7-5-,10-9-,13-12-,16-15-,19-18-,39-37+. The lowest BCUT2D eigenvalue weighted by Crippen LogP contribution is -2.65. The largest absolute Gasteiger partial charge is 0.394 e. The molecule has 0 aliphatic carbocycles. The van der Waals surface area contributed by atoms with E-state index in [1.807, 2.05) is 13.0 Å². The van der Waals surface area contributed by atoms with E-state index in [4.69, 9.17) is 18.9 Å². The summed E-state index contributed by atoms with van der Waals surface area (Å²) in [5, 5.41) is 85.9. The average Bonchev–Trinajstić information content (AvgIpc) is 3.36. The normalized spacial score (nSPS) is 26.5. The van der Waals surface area contributed by atoms with Crippen LogP contribution in [0.3, 0.4) is 0 Å². The molecule has 2 aliphatic heterocycles. The maximum Gasteiger partial charge on any atom is 0.220 e. The van der Waals surface area contributed by atoms with Gasteiger partial charge < -0.3 is 65.1 Å². The number of aliphatic hydroxyl groups is 8. The van der Waals surface area contributed by atoms with Gasteiger partial charge in [-0.25, -0.2) is 0 Å². The van der Waals surface area contributed by atoms with Gasteiger partial charge in [0.15, 0.2) is 12.6 Å². The second-order valence-electron chi connectivity index (χ2n) is 19.0. The van der Waals surface area contributed by atoms with Crippen LogP contribution in [0, 0.1) is 0 Å². The molecule has 0 aromatic rings. The van der Waals surface area contributed by atoms with Crippen LogP contribution in [-0.4, -0.2) is 140 Å². The summed E-state index contributed by atoms with van der Waals surface area (Å²) in [5.41, 5.74) is 0.